The minimum absolute atomic E-state index is 0.408. The molecule has 4 aliphatic rings. The van der Waals surface area contributed by atoms with Crippen molar-refractivity contribution in [3.05, 3.63) is 11.9 Å². The second-order valence-electron chi connectivity index (χ2n) is 6.95. The van der Waals surface area contributed by atoms with Crippen LogP contribution in [-0.4, -0.2) is 12.0 Å². The smallest absolute Gasteiger partial charge is 0.135 e. The van der Waals surface area contributed by atoms with E-state index in [1.807, 2.05) is 6.08 Å². The molecule has 3 saturated carbocycles. The number of hydrogen-bond acceptors (Lipinski definition) is 4. The Balaban J connectivity index is 1.87. The topological polar surface area (TPSA) is 76.4 Å². The molecule has 0 aromatic heterocycles. The van der Waals surface area contributed by atoms with Gasteiger partial charge in [0.25, 0.3) is 0 Å². The molecule has 2 bridgehead atoms. The van der Waals surface area contributed by atoms with Crippen LogP contribution in [0.4, 0.5) is 0 Å². The molecule has 0 aromatic carbocycles. The second kappa shape index (κ2) is 3.50. The van der Waals surface area contributed by atoms with E-state index < -0.39 is 5.66 Å². The van der Waals surface area contributed by atoms with E-state index >= 15 is 0 Å². The van der Waals surface area contributed by atoms with Crippen molar-refractivity contribution in [2.75, 3.05) is 0 Å². The minimum atomic E-state index is -0.609. The van der Waals surface area contributed by atoms with Crippen LogP contribution < -0.4 is 16.8 Å². The van der Waals surface area contributed by atoms with Crippen LogP contribution in [0.2, 0.25) is 0 Å². The van der Waals surface area contributed by atoms with E-state index in [1.54, 1.807) is 6.34 Å². The fourth-order valence-electron chi connectivity index (χ4n) is 4.51. The number of hydrogen-bond donors (Lipinski definition) is 3. The van der Waals surface area contributed by atoms with Gasteiger partial charge in [-0.1, -0.05) is 20.8 Å². The van der Waals surface area contributed by atoms with Crippen molar-refractivity contribution in [3.63, 3.8) is 0 Å². The van der Waals surface area contributed by atoms with Crippen molar-refractivity contribution in [2.45, 2.75) is 39.3 Å². The molecular formula is C14H24N4. The van der Waals surface area contributed by atoms with Gasteiger partial charge in [0, 0.05) is 5.92 Å². The van der Waals surface area contributed by atoms with Gasteiger partial charge in [-0.25, -0.2) is 4.99 Å². The standard InChI is InChI=1S/C14H24N4/c1-8-10-4-9(13(10,2)3)5-11(8)14(16)6-12(15)17-7-18-14/h6-11H,4-5,15-16H2,1-3H3,(H,17,18)/t8-,9+,10+,11-,14?/m1/s1. The monoisotopic (exact) mass is 248 g/mol. The molecule has 1 aliphatic heterocycles. The maximum absolute atomic E-state index is 6.49. The van der Waals surface area contributed by atoms with Gasteiger partial charge in [0.15, 0.2) is 0 Å². The van der Waals surface area contributed by atoms with Crippen LogP contribution in [0.25, 0.3) is 0 Å². The van der Waals surface area contributed by atoms with Crippen LogP contribution in [0, 0.1) is 29.1 Å². The molecule has 3 aliphatic carbocycles. The molecule has 100 valence electrons. The Bertz CT molecular complexity index is 426. The summed E-state index contributed by atoms with van der Waals surface area (Å²) in [6, 6.07) is 0. The average molecular weight is 248 g/mol. The Morgan fingerprint density at radius 3 is 2.56 bits per heavy atom. The predicted molar refractivity (Wildman–Crippen MR) is 73.5 cm³/mol. The zero-order valence-corrected chi connectivity index (χ0v) is 11.5. The maximum atomic E-state index is 6.49. The number of aliphatic imine (C=N–C) groups is 1. The van der Waals surface area contributed by atoms with Crippen LogP contribution in [0.3, 0.4) is 0 Å². The van der Waals surface area contributed by atoms with E-state index in [9.17, 15) is 0 Å². The highest BCUT2D eigenvalue weighted by molar-refractivity contribution is 5.60. The van der Waals surface area contributed by atoms with Gasteiger partial charge in [-0.2, -0.15) is 0 Å². The Labute approximate surface area is 109 Å². The lowest BCUT2D eigenvalue weighted by molar-refractivity contribution is -0.139. The molecule has 5 N–H and O–H groups in total. The fraction of sp³-hybridized carbons (Fsp3) is 0.786. The molecular weight excluding hydrogens is 224 g/mol. The summed E-state index contributed by atoms with van der Waals surface area (Å²) in [6.45, 7) is 7.14. The molecule has 1 unspecified atom stereocenters. The van der Waals surface area contributed by atoms with Gasteiger partial charge < -0.3 is 16.8 Å². The Morgan fingerprint density at radius 1 is 1.33 bits per heavy atom. The van der Waals surface area contributed by atoms with Crippen LogP contribution in [-0.2, 0) is 0 Å². The molecule has 18 heavy (non-hydrogen) atoms. The summed E-state index contributed by atoms with van der Waals surface area (Å²) >= 11 is 0. The molecule has 0 spiro atoms. The van der Waals surface area contributed by atoms with Crippen LogP contribution in [0.1, 0.15) is 33.6 Å². The first kappa shape index (κ1) is 12.0. The zero-order valence-electron chi connectivity index (χ0n) is 11.5. The van der Waals surface area contributed by atoms with Gasteiger partial charge in [0.05, 0.1) is 6.34 Å². The van der Waals surface area contributed by atoms with Gasteiger partial charge in [-0.05, 0) is 42.1 Å². The van der Waals surface area contributed by atoms with Crippen LogP contribution >= 0.6 is 0 Å². The fourth-order valence-corrected chi connectivity index (χ4v) is 4.51. The first-order chi connectivity index (χ1) is 8.34. The third kappa shape index (κ3) is 1.44. The Morgan fingerprint density at radius 2 is 2.00 bits per heavy atom. The lowest BCUT2D eigenvalue weighted by Crippen LogP contribution is -2.62. The highest BCUT2D eigenvalue weighted by Crippen LogP contribution is 2.64. The van der Waals surface area contributed by atoms with E-state index in [2.05, 4.69) is 31.1 Å². The van der Waals surface area contributed by atoms with Crippen molar-refractivity contribution < 1.29 is 0 Å². The first-order valence-corrected chi connectivity index (χ1v) is 6.92. The lowest BCUT2D eigenvalue weighted by atomic mass is 9.42. The predicted octanol–water partition coefficient (Wildman–Crippen LogP) is 1.39. The number of nitrogens with zero attached hydrogens (tertiary/aromatic N) is 1. The van der Waals surface area contributed by atoms with Gasteiger partial charge in [0.2, 0.25) is 0 Å². The number of fused-ring (bicyclic) bond motifs is 2. The molecule has 0 radical (unpaired) electrons. The van der Waals surface area contributed by atoms with E-state index in [0.717, 1.165) is 11.8 Å². The summed E-state index contributed by atoms with van der Waals surface area (Å²) in [7, 11) is 0. The van der Waals surface area contributed by atoms with Crippen molar-refractivity contribution in [1.82, 2.24) is 5.32 Å². The summed E-state index contributed by atoms with van der Waals surface area (Å²) in [4.78, 5) is 4.47. The van der Waals surface area contributed by atoms with Crippen molar-refractivity contribution in [3.8, 4) is 0 Å². The molecule has 4 rings (SSSR count). The van der Waals surface area contributed by atoms with Gasteiger partial charge >= 0.3 is 0 Å². The third-order valence-corrected chi connectivity index (χ3v) is 5.85. The van der Waals surface area contributed by atoms with Gasteiger partial charge in [0.1, 0.15) is 11.5 Å². The highest BCUT2D eigenvalue weighted by atomic mass is 15.1. The van der Waals surface area contributed by atoms with Crippen molar-refractivity contribution in [1.29, 1.82) is 0 Å². The normalized spacial score (nSPS) is 49.0. The van der Waals surface area contributed by atoms with Crippen molar-refractivity contribution in [2.24, 2.45) is 45.5 Å². The summed E-state index contributed by atoms with van der Waals surface area (Å²) in [5.74, 6) is 3.21. The SMILES string of the molecule is C[C@H]1[C@H](C2(N)C=C(N)NC=N2)C[C@@H]2C[C@@H]1C2(C)C. The van der Waals surface area contributed by atoms with Crippen LogP contribution in [0.15, 0.2) is 16.9 Å². The van der Waals surface area contributed by atoms with Gasteiger partial charge in [-0.3, -0.25) is 0 Å². The molecule has 5 atom stereocenters. The Hall–Kier alpha value is -1.03. The molecule has 0 saturated heterocycles. The van der Waals surface area contributed by atoms with E-state index in [-0.39, 0.29) is 0 Å². The summed E-state index contributed by atoms with van der Waals surface area (Å²) in [6.07, 6.45) is 6.07. The second-order valence-corrected chi connectivity index (χ2v) is 6.95. The Kier molecular flexibility index (Phi) is 2.34. The maximum Gasteiger partial charge on any atom is 0.135 e. The molecule has 4 heteroatoms. The van der Waals surface area contributed by atoms with Crippen LogP contribution in [0.5, 0.6) is 0 Å². The number of nitrogens with one attached hydrogen (secondary N) is 1. The van der Waals surface area contributed by atoms with Crippen molar-refractivity contribution >= 4 is 6.34 Å². The van der Waals surface area contributed by atoms with Gasteiger partial charge in [-0.15, -0.1) is 0 Å². The van der Waals surface area contributed by atoms with E-state index in [4.69, 9.17) is 11.5 Å². The van der Waals surface area contributed by atoms with E-state index in [0.29, 0.717) is 23.1 Å². The molecule has 3 fully saturated rings. The third-order valence-electron chi connectivity index (χ3n) is 5.85. The number of nitrogens with two attached hydrogens (primary N) is 2. The number of rotatable bonds is 1. The molecule has 4 nitrogen and oxygen atoms in total. The van der Waals surface area contributed by atoms with E-state index in [1.165, 1.54) is 12.8 Å². The highest BCUT2D eigenvalue weighted by Gasteiger charge is 2.59. The summed E-state index contributed by atoms with van der Waals surface area (Å²) in [5, 5.41) is 2.90. The summed E-state index contributed by atoms with van der Waals surface area (Å²) in [5.41, 5.74) is 12.2. The molecule has 0 amide bonds. The summed E-state index contributed by atoms with van der Waals surface area (Å²) < 4.78 is 0. The quantitative estimate of drug-likeness (QED) is 0.656. The molecule has 1 heterocycles. The lowest BCUT2D eigenvalue weighted by Gasteiger charge is -2.63. The largest absolute Gasteiger partial charge is 0.385 e. The minimum Gasteiger partial charge on any atom is -0.385 e. The average Bonchev–Trinajstić information content (AvgIpc) is 2.27. The zero-order chi connectivity index (χ0) is 13.1. The first-order valence-electron chi connectivity index (χ1n) is 6.92. The molecule has 0 aromatic rings.